The standard InChI is InChI=1S/C34H43N9O2/c1-23(2)29-22-37-43-31(29)39-34(42-17-14-27(35)15-18-42)40-33(43)36-21-26-10-5-6-13-30(26)38-32(45)25-11-7-9-24(19-25)20-28(44)12-8-16-41(3)4/h5-13,19,22-23,27H,14-18,20-21,35H2,1-4H3,(H,38,45)(H,36,39,40)/b12-8+. The third-order valence-corrected chi connectivity index (χ3v) is 7.87. The number of aromatic nitrogens is 4. The Hall–Kier alpha value is -4.61. The van der Waals surface area contributed by atoms with E-state index in [1.54, 1.807) is 28.8 Å². The fourth-order valence-electron chi connectivity index (χ4n) is 5.29. The summed E-state index contributed by atoms with van der Waals surface area (Å²) >= 11 is 0. The number of benzene rings is 2. The highest BCUT2D eigenvalue weighted by molar-refractivity contribution is 6.05. The molecule has 2 aromatic carbocycles. The van der Waals surface area contributed by atoms with Gasteiger partial charge in [0.25, 0.3) is 5.91 Å². The van der Waals surface area contributed by atoms with Crippen molar-refractivity contribution in [3.8, 4) is 0 Å². The van der Waals surface area contributed by atoms with Crippen molar-refractivity contribution in [3.05, 3.63) is 89.1 Å². The van der Waals surface area contributed by atoms with Crippen LogP contribution in [0.2, 0.25) is 0 Å². The summed E-state index contributed by atoms with van der Waals surface area (Å²) < 4.78 is 1.75. The number of hydrogen-bond acceptors (Lipinski definition) is 9. The molecule has 2 aromatic heterocycles. The maximum atomic E-state index is 13.3. The smallest absolute Gasteiger partial charge is 0.255 e. The maximum absolute atomic E-state index is 13.3. The Morgan fingerprint density at radius 2 is 1.87 bits per heavy atom. The molecule has 1 amide bonds. The van der Waals surface area contributed by atoms with E-state index in [1.807, 2.05) is 61.6 Å². The van der Waals surface area contributed by atoms with Crippen molar-refractivity contribution in [1.29, 1.82) is 0 Å². The van der Waals surface area contributed by atoms with E-state index < -0.39 is 0 Å². The first kappa shape index (κ1) is 31.8. The van der Waals surface area contributed by atoms with Gasteiger partial charge in [0.1, 0.15) is 0 Å². The van der Waals surface area contributed by atoms with Crippen LogP contribution in [0.15, 0.2) is 66.9 Å². The van der Waals surface area contributed by atoms with Crippen LogP contribution < -0.4 is 21.3 Å². The van der Waals surface area contributed by atoms with Crippen molar-refractivity contribution < 1.29 is 9.59 Å². The molecule has 4 N–H and O–H groups in total. The lowest BCUT2D eigenvalue weighted by Crippen LogP contribution is -2.40. The number of carbonyl (C=O) groups is 2. The predicted octanol–water partition coefficient (Wildman–Crippen LogP) is 4.27. The number of nitrogens with one attached hydrogen (secondary N) is 2. The van der Waals surface area contributed by atoms with Crippen LogP contribution in [0, 0.1) is 0 Å². The number of fused-ring (bicyclic) bond motifs is 1. The summed E-state index contributed by atoms with van der Waals surface area (Å²) in [6, 6.07) is 15.1. The highest BCUT2D eigenvalue weighted by atomic mass is 16.1. The van der Waals surface area contributed by atoms with Crippen LogP contribution in [0.4, 0.5) is 17.6 Å². The van der Waals surface area contributed by atoms with Gasteiger partial charge in [0.05, 0.1) is 6.20 Å². The third-order valence-electron chi connectivity index (χ3n) is 7.87. The summed E-state index contributed by atoms with van der Waals surface area (Å²) in [5.41, 5.74) is 10.8. The Morgan fingerprint density at radius 3 is 2.62 bits per heavy atom. The van der Waals surface area contributed by atoms with E-state index in [4.69, 9.17) is 15.7 Å². The molecule has 1 saturated heterocycles. The van der Waals surface area contributed by atoms with Gasteiger partial charge >= 0.3 is 0 Å². The molecule has 0 atom stereocenters. The molecule has 11 heteroatoms. The normalized spacial score (nSPS) is 14.2. The molecule has 0 bridgehead atoms. The monoisotopic (exact) mass is 609 g/mol. The van der Waals surface area contributed by atoms with Crippen molar-refractivity contribution in [2.24, 2.45) is 5.73 Å². The van der Waals surface area contributed by atoms with E-state index in [2.05, 4.69) is 34.5 Å². The first-order chi connectivity index (χ1) is 21.7. The van der Waals surface area contributed by atoms with Gasteiger partial charge in [-0.3, -0.25) is 9.59 Å². The van der Waals surface area contributed by atoms with Gasteiger partial charge in [-0.25, -0.2) is 0 Å². The quantitative estimate of drug-likeness (QED) is 0.201. The Bertz CT molecular complexity index is 1670. The lowest BCUT2D eigenvalue weighted by atomic mass is 10.0. The molecule has 0 spiro atoms. The number of nitrogens with zero attached hydrogens (tertiary/aromatic N) is 6. The molecule has 0 aliphatic carbocycles. The van der Waals surface area contributed by atoms with E-state index in [1.165, 1.54) is 0 Å². The van der Waals surface area contributed by atoms with Crippen LogP contribution in [0.3, 0.4) is 0 Å². The highest BCUT2D eigenvalue weighted by Crippen LogP contribution is 2.26. The second-order valence-corrected chi connectivity index (χ2v) is 12.1. The fraction of sp³-hybridized carbons (Fsp3) is 0.382. The number of para-hydroxylation sites is 1. The van der Waals surface area contributed by atoms with Gasteiger partial charge < -0.3 is 26.2 Å². The summed E-state index contributed by atoms with van der Waals surface area (Å²) in [6.07, 6.45) is 7.32. The van der Waals surface area contributed by atoms with Gasteiger partial charge in [-0.05, 0) is 68.3 Å². The molecule has 1 aliphatic heterocycles. The minimum absolute atomic E-state index is 0.00521. The Morgan fingerprint density at radius 1 is 1.09 bits per heavy atom. The van der Waals surface area contributed by atoms with Gasteiger partial charge in [0.2, 0.25) is 11.9 Å². The number of rotatable bonds is 12. The lowest BCUT2D eigenvalue weighted by Gasteiger charge is -2.30. The number of ketones is 1. The number of carbonyl (C=O) groups excluding carboxylic acids is 2. The second-order valence-electron chi connectivity index (χ2n) is 12.1. The summed E-state index contributed by atoms with van der Waals surface area (Å²) in [4.78, 5) is 39.7. The second kappa shape index (κ2) is 14.4. The van der Waals surface area contributed by atoms with Crippen LogP contribution in [-0.4, -0.2) is 75.9 Å². The fourth-order valence-corrected chi connectivity index (χ4v) is 5.29. The molecule has 1 fully saturated rings. The maximum Gasteiger partial charge on any atom is 0.255 e. The molecule has 4 aromatic rings. The number of anilines is 3. The van der Waals surface area contributed by atoms with E-state index in [0.29, 0.717) is 36.2 Å². The summed E-state index contributed by atoms with van der Waals surface area (Å²) in [6.45, 7) is 6.96. The molecular formula is C34H43N9O2. The highest BCUT2D eigenvalue weighted by Gasteiger charge is 2.22. The van der Waals surface area contributed by atoms with Gasteiger partial charge in [-0.15, -0.1) is 0 Å². The zero-order valence-corrected chi connectivity index (χ0v) is 26.5. The molecule has 0 radical (unpaired) electrons. The molecule has 0 unspecified atom stereocenters. The Kier molecular flexibility index (Phi) is 10.2. The number of hydrogen-bond donors (Lipinski definition) is 3. The molecule has 0 saturated carbocycles. The average molecular weight is 610 g/mol. The first-order valence-corrected chi connectivity index (χ1v) is 15.5. The zero-order valence-electron chi connectivity index (χ0n) is 26.5. The number of nitrogens with two attached hydrogens (primary N) is 1. The van der Waals surface area contributed by atoms with Gasteiger partial charge in [0.15, 0.2) is 11.4 Å². The van der Waals surface area contributed by atoms with Crippen LogP contribution >= 0.6 is 0 Å². The third kappa shape index (κ3) is 8.11. The molecule has 45 heavy (non-hydrogen) atoms. The minimum atomic E-state index is -0.247. The predicted molar refractivity (Wildman–Crippen MR) is 179 cm³/mol. The van der Waals surface area contributed by atoms with Crippen LogP contribution in [-0.2, 0) is 17.8 Å². The molecule has 1 aliphatic rings. The topological polar surface area (TPSA) is 134 Å². The minimum Gasteiger partial charge on any atom is -0.350 e. The Balaban J connectivity index is 1.32. The lowest BCUT2D eigenvalue weighted by molar-refractivity contribution is -0.114. The SMILES string of the molecule is CC(C)c1cnn2c(NCc3ccccc3NC(=O)c3cccc(CC(=O)/C=C/CN(C)C)c3)nc(N3CCC(N)CC3)nc12. The van der Waals surface area contributed by atoms with Crippen LogP contribution in [0.25, 0.3) is 5.65 Å². The summed E-state index contributed by atoms with van der Waals surface area (Å²) in [5, 5.41) is 11.1. The molecule has 3 heterocycles. The van der Waals surface area contributed by atoms with Crippen LogP contribution in [0.5, 0.6) is 0 Å². The van der Waals surface area contributed by atoms with Crippen molar-refractivity contribution in [2.75, 3.05) is 49.3 Å². The Labute approximate surface area is 264 Å². The first-order valence-electron chi connectivity index (χ1n) is 15.5. The van der Waals surface area contributed by atoms with E-state index in [-0.39, 0.29) is 30.1 Å². The average Bonchev–Trinajstić information content (AvgIpc) is 3.45. The number of piperidine rings is 1. The van der Waals surface area contributed by atoms with E-state index in [0.717, 1.165) is 48.3 Å². The van der Waals surface area contributed by atoms with Gasteiger partial charge in [0, 0.05) is 55.5 Å². The molecular weight excluding hydrogens is 566 g/mol. The van der Waals surface area contributed by atoms with Crippen molar-refractivity contribution in [3.63, 3.8) is 0 Å². The van der Waals surface area contributed by atoms with Crippen molar-refractivity contribution in [2.45, 2.75) is 51.6 Å². The molecule has 236 valence electrons. The van der Waals surface area contributed by atoms with E-state index in [9.17, 15) is 9.59 Å². The summed E-state index contributed by atoms with van der Waals surface area (Å²) in [5.74, 6) is 1.24. The zero-order chi connectivity index (χ0) is 31.9. The number of likely N-dealkylation sites (N-methyl/N-ethyl adjacent to an activating group) is 1. The van der Waals surface area contributed by atoms with Crippen molar-refractivity contribution >= 4 is 34.9 Å². The molecule has 11 nitrogen and oxygen atoms in total. The van der Waals surface area contributed by atoms with E-state index >= 15 is 0 Å². The number of amides is 1. The number of allylic oxidation sites excluding steroid dienone is 1. The summed E-state index contributed by atoms with van der Waals surface area (Å²) in [7, 11) is 3.90. The van der Waals surface area contributed by atoms with Gasteiger partial charge in [-0.2, -0.15) is 19.6 Å². The molecule has 5 rings (SSSR count). The van der Waals surface area contributed by atoms with Crippen LogP contribution in [0.1, 0.15) is 59.7 Å². The largest absolute Gasteiger partial charge is 0.350 e. The van der Waals surface area contributed by atoms with Crippen molar-refractivity contribution in [1.82, 2.24) is 24.5 Å². The van der Waals surface area contributed by atoms with Gasteiger partial charge in [-0.1, -0.05) is 50.3 Å².